The molecule has 0 bridgehead atoms. The van der Waals surface area contributed by atoms with Gasteiger partial charge in [0.1, 0.15) is 0 Å². The number of benzene rings is 2. The molecule has 1 aliphatic rings. The number of aryl methyl sites for hydroxylation is 1. The summed E-state index contributed by atoms with van der Waals surface area (Å²) < 4.78 is 0. The molecule has 0 unspecified atom stereocenters. The molecule has 0 saturated carbocycles. The van der Waals surface area contributed by atoms with Gasteiger partial charge in [-0.25, -0.2) is 0 Å². The van der Waals surface area contributed by atoms with E-state index >= 15 is 0 Å². The zero-order valence-electron chi connectivity index (χ0n) is 15.9. The van der Waals surface area contributed by atoms with E-state index in [4.69, 9.17) is 0 Å². The highest BCUT2D eigenvalue weighted by molar-refractivity contribution is 5.99. The highest BCUT2D eigenvalue weighted by Gasteiger charge is 2.39. The molecule has 1 saturated heterocycles. The summed E-state index contributed by atoms with van der Waals surface area (Å²) in [6.07, 6.45) is 2.97. The first-order chi connectivity index (χ1) is 12.4. The highest BCUT2D eigenvalue weighted by atomic mass is 16.2. The van der Waals surface area contributed by atoms with Crippen LogP contribution in [0, 0.1) is 5.41 Å². The van der Waals surface area contributed by atoms with Gasteiger partial charge in [-0.05, 0) is 36.0 Å². The van der Waals surface area contributed by atoms with E-state index in [2.05, 4.69) is 36.4 Å². The first-order valence-electron chi connectivity index (χ1n) is 9.37. The first kappa shape index (κ1) is 18.4. The van der Waals surface area contributed by atoms with Crippen LogP contribution in [0.4, 0.5) is 0 Å². The summed E-state index contributed by atoms with van der Waals surface area (Å²) in [5.41, 5.74) is 3.14. The molecule has 1 fully saturated rings. The van der Waals surface area contributed by atoms with Crippen LogP contribution in [0.2, 0.25) is 0 Å². The maximum absolute atomic E-state index is 12.6. The van der Waals surface area contributed by atoms with Gasteiger partial charge in [-0.2, -0.15) is 0 Å². The number of amides is 2. The molecule has 2 amide bonds. The van der Waals surface area contributed by atoms with Crippen LogP contribution in [-0.2, 0) is 16.0 Å². The topological polar surface area (TPSA) is 37.4 Å². The van der Waals surface area contributed by atoms with E-state index in [0.717, 1.165) is 19.3 Å². The standard InChI is InChI=1S/C23H27NO2/c1-23(2,3)22(26)24-20(15-16-21(24)25)14-11-17-9-12-19(13-10-17)18-7-5-4-6-8-18/h4-10,12-13,20H,11,14-16H2,1-3H3/t20-/m1/s1. The third kappa shape index (κ3) is 4.04. The van der Waals surface area contributed by atoms with E-state index in [1.807, 2.05) is 39.0 Å². The van der Waals surface area contributed by atoms with Crippen molar-refractivity contribution in [3.05, 3.63) is 60.2 Å². The van der Waals surface area contributed by atoms with Crippen LogP contribution in [0.25, 0.3) is 11.1 Å². The van der Waals surface area contributed by atoms with E-state index in [9.17, 15) is 9.59 Å². The van der Waals surface area contributed by atoms with Gasteiger partial charge in [0.25, 0.3) is 0 Å². The minimum atomic E-state index is -0.518. The number of hydrogen-bond acceptors (Lipinski definition) is 2. The molecule has 0 aromatic heterocycles. The monoisotopic (exact) mass is 349 g/mol. The number of likely N-dealkylation sites (tertiary alicyclic amines) is 1. The number of rotatable bonds is 4. The molecule has 1 atom stereocenters. The van der Waals surface area contributed by atoms with Crippen LogP contribution in [-0.4, -0.2) is 22.8 Å². The van der Waals surface area contributed by atoms with Gasteiger partial charge in [0.2, 0.25) is 11.8 Å². The lowest BCUT2D eigenvalue weighted by Gasteiger charge is -2.29. The van der Waals surface area contributed by atoms with Gasteiger partial charge < -0.3 is 0 Å². The third-order valence-corrected chi connectivity index (χ3v) is 5.01. The van der Waals surface area contributed by atoms with Crippen molar-refractivity contribution in [2.45, 2.75) is 52.5 Å². The first-order valence-corrected chi connectivity index (χ1v) is 9.37. The van der Waals surface area contributed by atoms with Crippen LogP contribution in [0.5, 0.6) is 0 Å². The second-order valence-electron chi connectivity index (χ2n) is 8.11. The Balaban J connectivity index is 1.65. The van der Waals surface area contributed by atoms with Gasteiger partial charge in [-0.1, -0.05) is 75.4 Å². The molecule has 3 nitrogen and oxygen atoms in total. The lowest BCUT2D eigenvalue weighted by atomic mass is 9.93. The summed E-state index contributed by atoms with van der Waals surface area (Å²) in [5.74, 6) is -0.0706. The van der Waals surface area contributed by atoms with Crippen LogP contribution in [0.1, 0.15) is 45.6 Å². The second kappa shape index (κ2) is 7.45. The van der Waals surface area contributed by atoms with Crippen molar-refractivity contribution in [1.82, 2.24) is 4.90 Å². The molecule has 2 aromatic carbocycles. The number of imide groups is 1. The fraction of sp³-hybridized carbons (Fsp3) is 0.391. The van der Waals surface area contributed by atoms with Gasteiger partial charge in [0, 0.05) is 17.9 Å². The van der Waals surface area contributed by atoms with Crippen molar-refractivity contribution in [2.75, 3.05) is 0 Å². The van der Waals surface area contributed by atoms with E-state index < -0.39 is 5.41 Å². The van der Waals surface area contributed by atoms with Crippen LogP contribution >= 0.6 is 0 Å². The average Bonchev–Trinajstić information content (AvgIpc) is 3.00. The van der Waals surface area contributed by atoms with Gasteiger partial charge >= 0.3 is 0 Å². The predicted molar refractivity (Wildman–Crippen MR) is 105 cm³/mol. The van der Waals surface area contributed by atoms with E-state index in [0.29, 0.717) is 6.42 Å². The molecule has 0 N–H and O–H groups in total. The normalized spacial score (nSPS) is 17.6. The Hall–Kier alpha value is -2.42. The van der Waals surface area contributed by atoms with Crippen molar-refractivity contribution in [3.63, 3.8) is 0 Å². The molecular formula is C23H27NO2. The van der Waals surface area contributed by atoms with E-state index in [1.165, 1.54) is 21.6 Å². The smallest absolute Gasteiger partial charge is 0.234 e. The largest absolute Gasteiger partial charge is 0.279 e. The molecule has 26 heavy (non-hydrogen) atoms. The Labute approximate surface area is 156 Å². The number of carbonyl (C=O) groups is 2. The molecule has 3 heteroatoms. The lowest BCUT2D eigenvalue weighted by Crippen LogP contribution is -2.45. The van der Waals surface area contributed by atoms with Crippen molar-refractivity contribution >= 4 is 11.8 Å². The minimum absolute atomic E-state index is 0.0191. The Morgan fingerprint density at radius 1 is 1.00 bits per heavy atom. The van der Waals surface area contributed by atoms with Crippen LogP contribution in [0.15, 0.2) is 54.6 Å². The summed E-state index contributed by atoms with van der Waals surface area (Å²) in [6.45, 7) is 5.63. The summed E-state index contributed by atoms with van der Waals surface area (Å²) in [6, 6.07) is 18.9. The van der Waals surface area contributed by atoms with Gasteiger partial charge in [-0.3, -0.25) is 14.5 Å². The predicted octanol–water partition coefficient (Wildman–Crippen LogP) is 4.85. The van der Waals surface area contributed by atoms with Crippen molar-refractivity contribution in [3.8, 4) is 11.1 Å². The zero-order valence-corrected chi connectivity index (χ0v) is 15.9. The molecule has 1 aliphatic heterocycles. The van der Waals surface area contributed by atoms with Crippen molar-refractivity contribution in [1.29, 1.82) is 0 Å². The molecule has 0 aliphatic carbocycles. The fourth-order valence-electron chi connectivity index (χ4n) is 3.48. The molecular weight excluding hydrogens is 322 g/mol. The van der Waals surface area contributed by atoms with E-state index in [-0.39, 0.29) is 17.9 Å². The summed E-state index contributed by atoms with van der Waals surface area (Å²) >= 11 is 0. The molecule has 1 heterocycles. The third-order valence-electron chi connectivity index (χ3n) is 5.01. The second-order valence-corrected chi connectivity index (χ2v) is 8.11. The summed E-state index contributed by atoms with van der Waals surface area (Å²) in [5, 5.41) is 0. The number of hydrogen-bond donors (Lipinski definition) is 0. The Morgan fingerprint density at radius 2 is 1.62 bits per heavy atom. The fourth-order valence-corrected chi connectivity index (χ4v) is 3.48. The molecule has 3 rings (SSSR count). The van der Waals surface area contributed by atoms with E-state index in [1.54, 1.807) is 0 Å². The lowest BCUT2D eigenvalue weighted by molar-refractivity contribution is -0.149. The van der Waals surface area contributed by atoms with Crippen LogP contribution in [0.3, 0.4) is 0 Å². The van der Waals surface area contributed by atoms with Gasteiger partial charge in [-0.15, -0.1) is 0 Å². The Bertz CT molecular complexity index is 772. The quantitative estimate of drug-likeness (QED) is 0.791. The Kier molecular flexibility index (Phi) is 5.26. The number of carbonyl (C=O) groups excluding carboxylic acids is 2. The van der Waals surface area contributed by atoms with Crippen molar-refractivity contribution < 1.29 is 9.59 Å². The highest BCUT2D eigenvalue weighted by Crippen LogP contribution is 2.29. The maximum Gasteiger partial charge on any atom is 0.234 e. The van der Waals surface area contributed by atoms with Gasteiger partial charge in [0.05, 0.1) is 0 Å². The Morgan fingerprint density at radius 3 is 2.23 bits per heavy atom. The van der Waals surface area contributed by atoms with Crippen LogP contribution < -0.4 is 0 Å². The van der Waals surface area contributed by atoms with Gasteiger partial charge in [0.15, 0.2) is 0 Å². The minimum Gasteiger partial charge on any atom is -0.279 e. The summed E-state index contributed by atoms with van der Waals surface area (Å²) in [7, 11) is 0. The average molecular weight is 349 g/mol. The SMILES string of the molecule is CC(C)(C)C(=O)N1C(=O)CC[C@H]1CCc1ccc(-c2ccccc2)cc1. The molecule has 0 spiro atoms. The molecule has 0 radical (unpaired) electrons. The van der Waals surface area contributed by atoms with Crippen molar-refractivity contribution in [2.24, 2.45) is 5.41 Å². The maximum atomic E-state index is 12.6. The molecule has 2 aromatic rings. The summed E-state index contributed by atoms with van der Waals surface area (Å²) in [4.78, 5) is 26.3. The molecule has 136 valence electrons. The zero-order chi connectivity index (χ0) is 18.7. The number of nitrogens with zero attached hydrogens (tertiary/aromatic N) is 1.